The molecule has 0 radical (unpaired) electrons. The normalized spacial score (nSPS) is 11.2. The molecule has 0 aliphatic rings. The highest BCUT2D eigenvalue weighted by molar-refractivity contribution is 7.93. The van der Waals surface area contributed by atoms with Crippen molar-refractivity contribution >= 4 is 21.6 Å². The molecule has 0 atom stereocenters. The number of sulfonamides is 1. The van der Waals surface area contributed by atoms with Crippen molar-refractivity contribution in [1.29, 1.82) is 0 Å². The summed E-state index contributed by atoms with van der Waals surface area (Å²) >= 11 is 0. The first-order valence-electron chi connectivity index (χ1n) is 10.4. The third kappa shape index (κ3) is 5.55. The minimum absolute atomic E-state index is 0.111. The van der Waals surface area contributed by atoms with Crippen LogP contribution in [0.3, 0.4) is 0 Å². The third-order valence-corrected chi connectivity index (χ3v) is 7.14. The zero-order valence-electron chi connectivity index (χ0n) is 18.3. The maximum absolute atomic E-state index is 13.6. The lowest BCUT2D eigenvalue weighted by Crippen LogP contribution is -2.43. The molecule has 3 rings (SSSR count). The first kappa shape index (κ1) is 23.5. The molecule has 0 aromatic heterocycles. The molecule has 0 aliphatic carbocycles. The standard InChI is InChI=1S/C25H28N2O4S/c1-20-12-14-23(15-13-20)27(32(30,31)24-11-7-6-8-21(24)2)19-25(29)26(16-17-28)18-22-9-4-3-5-10-22/h3-15,28H,16-19H2,1-2H3. The Labute approximate surface area is 189 Å². The van der Waals surface area contributed by atoms with Crippen LogP contribution in [0.2, 0.25) is 0 Å². The second-order valence-corrected chi connectivity index (χ2v) is 9.47. The van der Waals surface area contributed by atoms with E-state index in [0.29, 0.717) is 11.3 Å². The number of hydrogen-bond acceptors (Lipinski definition) is 4. The summed E-state index contributed by atoms with van der Waals surface area (Å²) < 4.78 is 28.4. The van der Waals surface area contributed by atoms with Crippen LogP contribution in [0.4, 0.5) is 5.69 Å². The molecule has 7 heteroatoms. The van der Waals surface area contributed by atoms with Crippen molar-refractivity contribution in [1.82, 2.24) is 4.90 Å². The first-order chi connectivity index (χ1) is 15.3. The van der Waals surface area contributed by atoms with E-state index in [0.717, 1.165) is 15.4 Å². The van der Waals surface area contributed by atoms with Gasteiger partial charge in [-0.15, -0.1) is 0 Å². The van der Waals surface area contributed by atoms with Crippen LogP contribution in [0.15, 0.2) is 83.8 Å². The zero-order valence-corrected chi connectivity index (χ0v) is 19.1. The number of hydrogen-bond donors (Lipinski definition) is 1. The Morgan fingerprint density at radius 2 is 1.50 bits per heavy atom. The average Bonchev–Trinajstić information content (AvgIpc) is 2.78. The summed E-state index contributed by atoms with van der Waals surface area (Å²) in [5.74, 6) is -0.388. The van der Waals surface area contributed by atoms with E-state index in [9.17, 15) is 18.3 Å². The lowest BCUT2D eigenvalue weighted by atomic mass is 10.2. The van der Waals surface area contributed by atoms with Crippen molar-refractivity contribution in [3.63, 3.8) is 0 Å². The smallest absolute Gasteiger partial charge is 0.265 e. The van der Waals surface area contributed by atoms with Gasteiger partial charge in [0.05, 0.1) is 17.2 Å². The van der Waals surface area contributed by atoms with Crippen LogP contribution in [-0.4, -0.2) is 44.0 Å². The van der Waals surface area contributed by atoms with Crippen LogP contribution >= 0.6 is 0 Å². The van der Waals surface area contributed by atoms with Gasteiger partial charge in [0, 0.05) is 13.1 Å². The van der Waals surface area contributed by atoms with E-state index >= 15 is 0 Å². The van der Waals surface area contributed by atoms with Crippen molar-refractivity contribution in [3.8, 4) is 0 Å². The number of aryl methyl sites for hydroxylation is 2. The molecule has 3 aromatic rings. The number of carbonyl (C=O) groups excluding carboxylic acids is 1. The fourth-order valence-corrected chi connectivity index (χ4v) is 5.07. The summed E-state index contributed by atoms with van der Waals surface area (Å²) in [6, 6.07) is 23.2. The maximum Gasteiger partial charge on any atom is 0.265 e. The lowest BCUT2D eigenvalue weighted by molar-refractivity contribution is -0.130. The average molecular weight is 453 g/mol. The summed E-state index contributed by atoms with van der Waals surface area (Å²) in [6.45, 7) is 3.46. The molecule has 1 N–H and O–H groups in total. The predicted octanol–water partition coefficient (Wildman–Crippen LogP) is 3.52. The van der Waals surface area contributed by atoms with Gasteiger partial charge in [0.1, 0.15) is 6.54 Å². The van der Waals surface area contributed by atoms with Gasteiger partial charge in [0.25, 0.3) is 10.0 Å². The molecule has 0 saturated carbocycles. The topological polar surface area (TPSA) is 77.9 Å². The third-order valence-electron chi connectivity index (χ3n) is 5.20. The van der Waals surface area contributed by atoms with E-state index in [1.807, 2.05) is 49.4 Å². The van der Waals surface area contributed by atoms with Crippen LogP contribution < -0.4 is 4.31 Å². The molecule has 0 spiro atoms. The number of aliphatic hydroxyl groups excluding tert-OH is 1. The van der Waals surface area contributed by atoms with Gasteiger partial charge in [0.2, 0.25) is 5.91 Å². The summed E-state index contributed by atoms with van der Waals surface area (Å²) in [5, 5.41) is 9.49. The number of anilines is 1. The van der Waals surface area contributed by atoms with Gasteiger partial charge in [-0.25, -0.2) is 8.42 Å². The molecule has 1 amide bonds. The Morgan fingerprint density at radius 3 is 2.12 bits per heavy atom. The maximum atomic E-state index is 13.6. The van der Waals surface area contributed by atoms with Crippen LogP contribution in [0.25, 0.3) is 0 Å². The second kappa shape index (κ2) is 10.4. The highest BCUT2D eigenvalue weighted by Gasteiger charge is 2.30. The van der Waals surface area contributed by atoms with Crippen LogP contribution in [0.5, 0.6) is 0 Å². The molecule has 168 valence electrons. The van der Waals surface area contributed by atoms with Gasteiger partial charge in [-0.3, -0.25) is 9.10 Å². The number of nitrogens with zero attached hydrogens (tertiary/aromatic N) is 2. The first-order valence-corrected chi connectivity index (χ1v) is 11.8. The Kier molecular flexibility index (Phi) is 7.66. The molecule has 32 heavy (non-hydrogen) atoms. The van der Waals surface area contributed by atoms with Gasteiger partial charge < -0.3 is 10.0 Å². The van der Waals surface area contributed by atoms with E-state index in [1.165, 1.54) is 4.90 Å². The second-order valence-electron chi connectivity index (χ2n) is 7.64. The number of carbonyl (C=O) groups is 1. The molecular formula is C25H28N2O4S. The Bertz CT molecular complexity index is 1150. The van der Waals surface area contributed by atoms with Crippen LogP contribution in [-0.2, 0) is 21.4 Å². The quantitative estimate of drug-likeness (QED) is 0.539. The van der Waals surface area contributed by atoms with E-state index in [1.54, 1.807) is 43.3 Å². The van der Waals surface area contributed by atoms with E-state index in [4.69, 9.17) is 0 Å². The lowest BCUT2D eigenvalue weighted by Gasteiger charge is -2.29. The minimum Gasteiger partial charge on any atom is -0.395 e. The largest absolute Gasteiger partial charge is 0.395 e. The molecule has 0 aliphatic heterocycles. The fraction of sp³-hybridized carbons (Fsp3) is 0.240. The van der Waals surface area contributed by atoms with Gasteiger partial charge in [0.15, 0.2) is 0 Å². The van der Waals surface area contributed by atoms with Gasteiger partial charge in [-0.2, -0.15) is 0 Å². The number of amides is 1. The van der Waals surface area contributed by atoms with Gasteiger partial charge in [-0.05, 0) is 43.2 Å². The SMILES string of the molecule is Cc1ccc(N(CC(=O)N(CCO)Cc2ccccc2)S(=O)(=O)c2ccccc2C)cc1. The zero-order chi connectivity index (χ0) is 23.1. The number of benzene rings is 3. The molecule has 0 saturated heterocycles. The summed E-state index contributed by atoms with van der Waals surface area (Å²) in [5.41, 5.74) is 2.90. The van der Waals surface area contributed by atoms with Crippen molar-refractivity contribution in [3.05, 3.63) is 95.6 Å². The summed E-state index contributed by atoms with van der Waals surface area (Å²) in [4.78, 5) is 14.9. The minimum atomic E-state index is -3.99. The van der Waals surface area contributed by atoms with E-state index in [2.05, 4.69) is 0 Å². The highest BCUT2D eigenvalue weighted by atomic mass is 32.2. The molecule has 0 unspecified atom stereocenters. The summed E-state index contributed by atoms with van der Waals surface area (Å²) in [6.07, 6.45) is 0. The molecular weight excluding hydrogens is 424 g/mol. The Hall–Kier alpha value is -3.16. The van der Waals surface area contributed by atoms with Crippen LogP contribution in [0.1, 0.15) is 16.7 Å². The number of aliphatic hydroxyl groups is 1. The number of rotatable bonds is 9. The van der Waals surface area contributed by atoms with Crippen LogP contribution in [0, 0.1) is 13.8 Å². The van der Waals surface area contributed by atoms with E-state index < -0.39 is 10.0 Å². The fourth-order valence-electron chi connectivity index (χ4n) is 3.43. The summed E-state index contributed by atoms with van der Waals surface area (Å²) in [7, 11) is -3.99. The van der Waals surface area contributed by atoms with Crippen molar-refractivity contribution in [2.24, 2.45) is 0 Å². The van der Waals surface area contributed by atoms with E-state index in [-0.39, 0.29) is 37.0 Å². The van der Waals surface area contributed by atoms with Crippen molar-refractivity contribution < 1.29 is 18.3 Å². The highest BCUT2D eigenvalue weighted by Crippen LogP contribution is 2.26. The van der Waals surface area contributed by atoms with Gasteiger partial charge in [-0.1, -0.05) is 66.2 Å². The van der Waals surface area contributed by atoms with Crippen molar-refractivity contribution in [2.75, 3.05) is 24.0 Å². The molecule has 3 aromatic carbocycles. The van der Waals surface area contributed by atoms with Gasteiger partial charge >= 0.3 is 0 Å². The molecule has 0 bridgehead atoms. The van der Waals surface area contributed by atoms with Crippen molar-refractivity contribution in [2.45, 2.75) is 25.3 Å². The Morgan fingerprint density at radius 1 is 0.875 bits per heavy atom. The monoisotopic (exact) mass is 452 g/mol. The Balaban J connectivity index is 1.97. The molecule has 0 heterocycles. The molecule has 6 nitrogen and oxygen atoms in total. The predicted molar refractivity (Wildman–Crippen MR) is 126 cm³/mol. The molecule has 0 fully saturated rings.